The van der Waals surface area contributed by atoms with Crippen LogP contribution in [0.4, 0.5) is 0 Å². The third kappa shape index (κ3) is 2.29. The average molecular weight is 331 g/mol. The minimum Gasteiger partial charge on any atom is -0.392 e. The first kappa shape index (κ1) is 14.5. The minimum absolute atomic E-state index is 0.112. The molecule has 0 aliphatic heterocycles. The molecule has 1 aliphatic rings. The lowest BCUT2D eigenvalue weighted by Crippen LogP contribution is -2.31. The Morgan fingerprint density at radius 3 is 3.04 bits per heavy atom. The summed E-state index contributed by atoms with van der Waals surface area (Å²) in [6.45, 7) is 3.65. The predicted molar refractivity (Wildman–Crippen MR) is 86.9 cm³/mol. The summed E-state index contributed by atoms with van der Waals surface area (Å²) in [7, 11) is 0. The van der Waals surface area contributed by atoms with Crippen LogP contribution in [-0.4, -0.2) is 43.2 Å². The summed E-state index contributed by atoms with van der Waals surface area (Å²) in [6.07, 6.45) is 2.68. The molecule has 0 unspecified atom stereocenters. The van der Waals surface area contributed by atoms with E-state index >= 15 is 0 Å². The van der Waals surface area contributed by atoms with E-state index in [2.05, 4.69) is 20.4 Å². The number of nitrogens with one attached hydrogen (secondary N) is 1. The van der Waals surface area contributed by atoms with E-state index in [1.807, 2.05) is 6.92 Å². The monoisotopic (exact) mass is 331 g/mol. The largest absolute Gasteiger partial charge is 0.392 e. The lowest BCUT2D eigenvalue weighted by molar-refractivity contribution is 0.0914. The number of carbonyl (C=O) groups excluding carboxylic acids is 1. The molecule has 1 amide bonds. The average Bonchev–Trinajstić information content (AvgIpc) is 3.17. The Morgan fingerprint density at radius 1 is 1.43 bits per heavy atom. The van der Waals surface area contributed by atoms with Gasteiger partial charge in [-0.3, -0.25) is 4.79 Å². The van der Waals surface area contributed by atoms with Gasteiger partial charge in [-0.2, -0.15) is 4.52 Å². The van der Waals surface area contributed by atoms with Crippen LogP contribution in [0.15, 0.2) is 0 Å². The van der Waals surface area contributed by atoms with Crippen molar-refractivity contribution in [1.29, 1.82) is 0 Å². The standard InChI is InChI=1S/C15H17N5O2S/c1-7(21)6-16-14(22)12-18-13-11-9-4-3-5-10(9)23-15(11)17-8(2)20(13)19-12/h7,21H,3-6H2,1-2H3,(H,16,22)/t7-/m1/s1. The first-order chi connectivity index (χ1) is 11.0. The molecule has 4 rings (SSSR count). The molecule has 1 aliphatic carbocycles. The maximum absolute atomic E-state index is 12.2. The number of thiophene rings is 1. The van der Waals surface area contributed by atoms with E-state index in [1.165, 1.54) is 10.4 Å². The van der Waals surface area contributed by atoms with Gasteiger partial charge in [-0.1, -0.05) is 0 Å². The molecule has 7 nitrogen and oxygen atoms in total. The maximum Gasteiger partial charge on any atom is 0.291 e. The molecule has 0 aromatic carbocycles. The molecule has 2 N–H and O–H groups in total. The van der Waals surface area contributed by atoms with Crippen molar-refractivity contribution < 1.29 is 9.90 Å². The SMILES string of the molecule is Cc1nc2sc3c(c2c2nc(C(=O)NC[C@@H](C)O)nn12)CCC3. The van der Waals surface area contributed by atoms with Crippen LogP contribution in [0.5, 0.6) is 0 Å². The number of carbonyl (C=O) groups is 1. The van der Waals surface area contributed by atoms with Crippen molar-refractivity contribution in [3.63, 3.8) is 0 Å². The zero-order chi connectivity index (χ0) is 16.1. The first-order valence-electron chi connectivity index (χ1n) is 7.68. The fourth-order valence-corrected chi connectivity index (χ4v) is 4.31. The van der Waals surface area contributed by atoms with Crippen LogP contribution in [0.2, 0.25) is 0 Å². The number of hydrogen-bond acceptors (Lipinski definition) is 6. The van der Waals surface area contributed by atoms with Gasteiger partial charge in [-0.15, -0.1) is 16.4 Å². The fourth-order valence-electron chi connectivity index (χ4n) is 3.01. The number of aliphatic hydroxyl groups is 1. The maximum atomic E-state index is 12.2. The summed E-state index contributed by atoms with van der Waals surface area (Å²) in [5.41, 5.74) is 2.01. The topological polar surface area (TPSA) is 92.4 Å². The summed E-state index contributed by atoms with van der Waals surface area (Å²) in [5.74, 6) is 0.449. The van der Waals surface area contributed by atoms with E-state index < -0.39 is 6.10 Å². The minimum atomic E-state index is -0.605. The summed E-state index contributed by atoms with van der Waals surface area (Å²) < 4.78 is 1.64. The smallest absolute Gasteiger partial charge is 0.291 e. The molecule has 0 fully saturated rings. The Morgan fingerprint density at radius 2 is 2.26 bits per heavy atom. The molecule has 0 spiro atoms. The summed E-state index contributed by atoms with van der Waals surface area (Å²) >= 11 is 1.72. The Labute approximate surface area is 136 Å². The molecule has 3 aromatic rings. The number of amides is 1. The van der Waals surface area contributed by atoms with Crippen LogP contribution < -0.4 is 5.32 Å². The Bertz CT molecular complexity index is 927. The number of rotatable bonds is 3. The highest BCUT2D eigenvalue weighted by molar-refractivity contribution is 7.19. The van der Waals surface area contributed by atoms with Gasteiger partial charge in [-0.25, -0.2) is 9.97 Å². The van der Waals surface area contributed by atoms with Crippen molar-refractivity contribution in [1.82, 2.24) is 24.9 Å². The zero-order valence-electron chi connectivity index (χ0n) is 13.0. The normalized spacial score (nSPS) is 15.3. The molecule has 0 saturated heterocycles. The summed E-state index contributed by atoms with van der Waals surface area (Å²) in [5, 5.41) is 17.2. The van der Waals surface area contributed by atoms with Gasteiger partial charge in [0.05, 0.1) is 11.5 Å². The lowest BCUT2D eigenvalue weighted by atomic mass is 10.2. The van der Waals surface area contributed by atoms with Crippen molar-refractivity contribution in [3.8, 4) is 0 Å². The third-order valence-corrected chi connectivity index (χ3v) is 5.25. The lowest BCUT2D eigenvalue weighted by Gasteiger charge is -2.03. The quantitative estimate of drug-likeness (QED) is 0.753. The molecule has 0 saturated carbocycles. The second kappa shape index (κ2) is 5.24. The third-order valence-electron chi connectivity index (χ3n) is 4.06. The van der Waals surface area contributed by atoms with Crippen molar-refractivity contribution >= 4 is 33.1 Å². The Hall–Kier alpha value is -2.06. The van der Waals surface area contributed by atoms with Gasteiger partial charge in [0.2, 0.25) is 5.82 Å². The van der Waals surface area contributed by atoms with Gasteiger partial charge in [-0.05, 0) is 38.7 Å². The number of aryl methyl sites for hydroxylation is 3. The molecule has 3 aromatic heterocycles. The molecule has 120 valence electrons. The number of nitrogens with zero attached hydrogens (tertiary/aromatic N) is 4. The number of fused-ring (bicyclic) bond motifs is 5. The van der Waals surface area contributed by atoms with Crippen LogP contribution in [0.25, 0.3) is 15.9 Å². The number of hydrogen-bond donors (Lipinski definition) is 2. The fraction of sp³-hybridized carbons (Fsp3) is 0.467. The van der Waals surface area contributed by atoms with E-state index in [4.69, 9.17) is 0 Å². The molecular weight excluding hydrogens is 314 g/mol. The number of aromatic nitrogens is 4. The highest BCUT2D eigenvalue weighted by Gasteiger charge is 2.24. The first-order valence-corrected chi connectivity index (χ1v) is 8.50. The molecule has 8 heteroatoms. The second-order valence-electron chi connectivity index (χ2n) is 5.93. The second-order valence-corrected chi connectivity index (χ2v) is 7.01. The van der Waals surface area contributed by atoms with Crippen LogP contribution >= 0.6 is 11.3 Å². The Kier molecular flexibility index (Phi) is 3.31. The van der Waals surface area contributed by atoms with Crippen molar-refractivity contribution in [3.05, 3.63) is 22.1 Å². The molecular formula is C15H17N5O2S. The predicted octanol–water partition coefficient (Wildman–Crippen LogP) is 1.25. The molecule has 0 bridgehead atoms. The van der Waals surface area contributed by atoms with Crippen molar-refractivity contribution in [2.24, 2.45) is 0 Å². The zero-order valence-corrected chi connectivity index (χ0v) is 13.8. The summed E-state index contributed by atoms with van der Waals surface area (Å²) in [6, 6.07) is 0. The molecule has 23 heavy (non-hydrogen) atoms. The number of aliphatic hydroxyl groups excluding tert-OH is 1. The molecule has 0 radical (unpaired) electrons. The van der Waals surface area contributed by atoms with E-state index in [0.29, 0.717) is 5.65 Å². The van der Waals surface area contributed by atoms with E-state index in [1.54, 1.807) is 22.8 Å². The van der Waals surface area contributed by atoms with Gasteiger partial charge in [0.25, 0.3) is 5.91 Å². The molecule has 3 heterocycles. The van der Waals surface area contributed by atoms with Crippen LogP contribution in [-0.2, 0) is 12.8 Å². The Balaban J connectivity index is 1.85. The highest BCUT2D eigenvalue weighted by atomic mass is 32.1. The van der Waals surface area contributed by atoms with E-state index in [-0.39, 0.29) is 18.3 Å². The van der Waals surface area contributed by atoms with E-state index in [0.717, 1.165) is 35.3 Å². The summed E-state index contributed by atoms with van der Waals surface area (Å²) in [4.78, 5) is 23.6. The van der Waals surface area contributed by atoms with Gasteiger partial charge in [0, 0.05) is 11.4 Å². The highest BCUT2D eigenvalue weighted by Crippen LogP contribution is 2.38. The van der Waals surface area contributed by atoms with E-state index in [9.17, 15) is 9.90 Å². The molecule has 1 atom stereocenters. The van der Waals surface area contributed by atoms with Crippen molar-refractivity contribution in [2.45, 2.75) is 39.2 Å². The van der Waals surface area contributed by atoms with Crippen molar-refractivity contribution in [2.75, 3.05) is 6.54 Å². The van der Waals surface area contributed by atoms with Gasteiger partial charge in [0.1, 0.15) is 10.7 Å². The van der Waals surface area contributed by atoms with Crippen LogP contribution in [0.1, 0.15) is 40.2 Å². The van der Waals surface area contributed by atoms with Gasteiger partial charge >= 0.3 is 0 Å². The van der Waals surface area contributed by atoms with Gasteiger partial charge in [0.15, 0.2) is 5.65 Å². The van der Waals surface area contributed by atoms with Crippen LogP contribution in [0, 0.1) is 6.92 Å². The van der Waals surface area contributed by atoms with Crippen LogP contribution in [0.3, 0.4) is 0 Å². The van der Waals surface area contributed by atoms with Gasteiger partial charge < -0.3 is 10.4 Å².